The zero-order valence-electron chi connectivity index (χ0n) is 18.7. The molecular formula is C25H30N4O2S. The third-order valence-electron chi connectivity index (χ3n) is 4.91. The molecular weight excluding hydrogens is 420 g/mol. The molecule has 0 aliphatic carbocycles. The summed E-state index contributed by atoms with van der Waals surface area (Å²) in [4.78, 5) is 12.7. The van der Waals surface area contributed by atoms with Gasteiger partial charge in [-0.15, -0.1) is 16.8 Å². The maximum absolute atomic E-state index is 12.7. The van der Waals surface area contributed by atoms with Gasteiger partial charge in [0.05, 0.1) is 11.8 Å². The molecule has 6 nitrogen and oxygen atoms in total. The number of nitrogens with zero attached hydrogens (tertiary/aromatic N) is 3. The molecule has 0 spiro atoms. The van der Waals surface area contributed by atoms with Gasteiger partial charge < -0.3 is 10.1 Å². The van der Waals surface area contributed by atoms with Crippen LogP contribution in [0.2, 0.25) is 0 Å². The third kappa shape index (κ3) is 6.72. The molecule has 1 aromatic heterocycles. The van der Waals surface area contributed by atoms with E-state index in [0.717, 1.165) is 29.7 Å². The second-order valence-corrected chi connectivity index (χ2v) is 8.45. The summed E-state index contributed by atoms with van der Waals surface area (Å²) < 4.78 is 7.81. The molecule has 32 heavy (non-hydrogen) atoms. The Morgan fingerprint density at radius 2 is 2.03 bits per heavy atom. The van der Waals surface area contributed by atoms with Gasteiger partial charge in [-0.1, -0.05) is 73.6 Å². The van der Waals surface area contributed by atoms with Crippen LogP contribution in [0, 0.1) is 6.92 Å². The van der Waals surface area contributed by atoms with Crippen molar-refractivity contribution in [3.63, 3.8) is 0 Å². The van der Waals surface area contributed by atoms with E-state index in [1.165, 1.54) is 11.8 Å². The first-order valence-corrected chi connectivity index (χ1v) is 11.8. The van der Waals surface area contributed by atoms with Crippen molar-refractivity contribution in [2.45, 2.75) is 51.0 Å². The van der Waals surface area contributed by atoms with Gasteiger partial charge in [-0.05, 0) is 36.6 Å². The quantitative estimate of drug-likeness (QED) is 0.307. The summed E-state index contributed by atoms with van der Waals surface area (Å²) >= 11 is 1.37. The Bertz CT molecular complexity index is 1020. The Morgan fingerprint density at radius 3 is 2.75 bits per heavy atom. The number of aryl methyl sites for hydroxylation is 1. The smallest absolute Gasteiger partial charge is 0.230 e. The highest BCUT2D eigenvalue weighted by Crippen LogP contribution is 2.21. The third-order valence-corrected chi connectivity index (χ3v) is 5.88. The highest BCUT2D eigenvalue weighted by molar-refractivity contribution is 7.99. The Labute approximate surface area is 194 Å². The molecule has 0 saturated carbocycles. The lowest BCUT2D eigenvalue weighted by Crippen LogP contribution is -2.30. The van der Waals surface area contributed by atoms with Crippen molar-refractivity contribution < 1.29 is 9.53 Å². The van der Waals surface area contributed by atoms with Crippen LogP contribution in [0.5, 0.6) is 5.75 Å². The van der Waals surface area contributed by atoms with Crippen molar-refractivity contribution in [1.82, 2.24) is 20.1 Å². The van der Waals surface area contributed by atoms with Crippen LogP contribution in [0.3, 0.4) is 0 Å². The zero-order valence-corrected chi connectivity index (χ0v) is 19.5. The van der Waals surface area contributed by atoms with E-state index in [0.29, 0.717) is 24.1 Å². The molecule has 0 aliphatic rings. The summed E-state index contributed by atoms with van der Waals surface area (Å²) in [5.41, 5.74) is 2.26. The van der Waals surface area contributed by atoms with Gasteiger partial charge in [0.1, 0.15) is 12.4 Å². The topological polar surface area (TPSA) is 69.0 Å². The fourth-order valence-corrected chi connectivity index (χ4v) is 4.14. The van der Waals surface area contributed by atoms with E-state index in [4.69, 9.17) is 4.74 Å². The molecule has 0 fully saturated rings. The lowest BCUT2D eigenvalue weighted by atomic mass is 10.0. The fraction of sp³-hybridized carbons (Fsp3) is 0.320. The monoisotopic (exact) mass is 450 g/mol. The highest BCUT2D eigenvalue weighted by Gasteiger charge is 2.17. The van der Waals surface area contributed by atoms with Crippen molar-refractivity contribution in [3.05, 3.63) is 84.2 Å². The molecule has 0 radical (unpaired) electrons. The second-order valence-electron chi connectivity index (χ2n) is 7.51. The Balaban J connectivity index is 1.61. The molecule has 3 aromatic rings. The molecule has 1 atom stereocenters. The first-order chi connectivity index (χ1) is 15.6. The van der Waals surface area contributed by atoms with Crippen LogP contribution in [0.25, 0.3) is 0 Å². The number of ether oxygens (including phenoxy) is 1. The summed E-state index contributed by atoms with van der Waals surface area (Å²) in [5.74, 6) is 1.72. The molecule has 1 unspecified atom stereocenters. The van der Waals surface area contributed by atoms with E-state index in [9.17, 15) is 4.79 Å². The van der Waals surface area contributed by atoms with Gasteiger partial charge in [0, 0.05) is 6.54 Å². The predicted molar refractivity (Wildman–Crippen MR) is 129 cm³/mol. The van der Waals surface area contributed by atoms with Gasteiger partial charge in [0.25, 0.3) is 0 Å². The minimum Gasteiger partial charge on any atom is -0.486 e. The molecule has 168 valence electrons. The van der Waals surface area contributed by atoms with Gasteiger partial charge in [-0.25, -0.2) is 0 Å². The number of nitrogens with one attached hydrogen (secondary N) is 1. The average Bonchev–Trinajstić information content (AvgIpc) is 3.18. The van der Waals surface area contributed by atoms with Crippen LogP contribution in [0.4, 0.5) is 0 Å². The summed E-state index contributed by atoms with van der Waals surface area (Å²) in [6.07, 6.45) is 3.68. The number of hydrogen-bond donors (Lipinski definition) is 1. The predicted octanol–water partition coefficient (Wildman–Crippen LogP) is 5.10. The average molecular weight is 451 g/mol. The van der Waals surface area contributed by atoms with Gasteiger partial charge in [-0.2, -0.15) is 0 Å². The molecule has 0 saturated heterocycles. The molecule has 3 rings (SSSR count). The number of aromatic nitrogens is 3. The number of allylic oxidation sites excluding steroid dienone is 1. The van der Waals surface area contributed by atoms with E-state index in [-0.39, 0.29) is 17.7 Å². The van der Waals surface area contributed by atoms with Crippen LogP contribution in [0.1, 0.15) is 42.8 Å². The largest absolute Gasteiger partial charge is 0.486 e. The molecule has 0 aliphatic heterocycles. The maximum Gasteiger partial charge on any atom is 0.230 e. The maximum atomic E-state index is 12.7. The normalized spacial score (nSPS) is 11.7. The van der Waals surface area contributed by atoms with E-state index in [1.54, 1.807) is 6.08 Å². The minimum atomic E-state index is -0.0250. The zero-order chi connectivity index (χ0) is 22.8. The van der Waals surface area contributed by atoms with Crippen LogP contribution >= 0.6 is 11.8 Å². The standard InChI is InChI=1S/C25H30N4O2S/c1-4-10-22(20-12-7-6-8-13-20)26-24(30)18-32-25-28-27-23(29(25)15-5-2)17-31-21-14-9-11-19(3)16-21/h5-9,11-14,16,22H,2,4,10,15,17-18H2,1,3H3,(H,26,30). The Hall–Kier alpha value is -3.06. The lowest BCUT2D eigenvalue weighted by molar-refractivity contribution is -0.119. The Morgan fingerprint density at radius 1 is 1.22 bits per heavy atom. The number of benzene rings is 2. The second kappa shape index (κ2) is 12.1. The van der Waals surface area contributed by atoms with E-state index >= 15 is 0 Å². The molecule has 1 N–H and O–H groups in total. The summed E-state index contributed by atoms with van der Waals surface area (Å²) in [6.45, 7) is 8.82. The van der Waals surface area contributed by atoms with Crippen LogP contribution < -0.4 is 10.1 Å². The highest BCUT2D eigenvalue weighted by atomic mass is 32.2. The number of thioether (sulfide) groups is 1. The summed E-state index contributed by atoms with van der Waals surface area (Å²) in [5, 5.41) is 12.4. The first kappa shape index (κ1) is 23.6. The van der Waals surface area contributed by atoms with E-state index in [2.05, 4.69) is 41.1 Å². The SMILES string of the molecule is C=CCn1c(COc2cccc(C)c2)nnc1SCC(=O)NC(CCC)c1ccccc1. The molecule has 7 heteroatoms. The number of amides is 1. The first-order valence-electron chi connectivity index (χ1n) is 10.8. The fourth-order valence-electron chi connectivity index (χ4n) is 3.36. The van der Waals surface area contributed by atoms with Crippen LogP contribution in [0.15, 0.2) is 72.4 Å². The molecule has 1 amide bonds. The van der Waals surface area contributed by atoms with Crippen molar-refractivity contribution in [1.29, 1.82) is 0 Å². The van der Waals surface area contributed by atoms with Gasteiger partial charge in [0.15, 0.2) is 11.0 Å². The number of carbonyl (C=O) groups is 1. The van der Waals surface area contributed by atoms with E-state index in [1.807, 2.05) is 54.0 Å². The van der Waals surface area contributed by atoms with Crippen LogP contribution in [-0.2, 0) is 17.9 Å². The minimum absolute atomic E-state index is 0.0126. The Kier molecular flexibility index (Phi) is 8.92. The van der Waals surface area contributed by atoms with Crippen molar-refractivity contribution in [2.24, 2.45) is 0 Å². The van der Waals surface area contributed by atoms with Gasteiger partial charge in [-0.3, -0.25) is 9.36 Å². The van der Waals surface area contributed by atoms with Crippen molar-refractivity contribution in [3.8, 4) is 5.75 Å². The van der Waals surface area contributed by atoms with Crippen LogP contribution in [-0.4, -0.2) is 26.4 Å². The molecule has 1 heterocycles. The van der Waals surface area contributed by atoms with E-state index < -0.39 is 0 Å². The summed E-state index contributed by atoms with van der Waals surface area (Å²) in [7, 11) is 0. The molecule has 2 aromatic carbocycles. The van der Waals surface area contributed by atoms with Gasteiger partial charge >= 0.3 is 0 Å². The van der Waals surface area contributed by atoms with Crippen molar-refractivity contribution >= 4 is 17.7 Å². The van der Waals surface area contributed by atoms with Gasteiger partial charge in [0.2, 0.25) is 5.91 Å². The number of carbonyl (C=O) groups excluding carboxylic acids is 1. The number of rotatable bonds is 12. The lowest BCUT2D eigenvalue weighted by Gasteiger charge is -2.18. The van der Waals surface area contributed by atoms with Crippen molar-refractivity contribution in [2.75, 3.05) is 5.75 Å². The molecule has 0 bridgehead atoms. The summed E-state index contributed by atoms with van der Waals surface area (Å²) in [6, 6.07) is 18.0. The number of hydrogen-bond acceptors (Lipinski definition) is 5.